The molecule has 0 aliphatic carbocycles. The number of ether oxygens (including phenoxy) is 3. The fourth-order valence-electron chi connectivity index (χ4n) is 3.91. The molecule has 0 unspecified atom stereocenters. The van der Waals surface area contributed by atoms with E-state index in [0.717, 1.165) is 79.4 Å². The van der Waals surface area contributed by atoms with Crippen LogP contribution in [0.2, 0.25) is 10.2 Å². The van der Waals surface area contributed by atoms with E-state index in [2.05, 4.69) is 13.8 Å². The second-order valence-electron chi connectivity index (χ2n) is 8.21. The molecular formula is C27H33Cl2NO3. The highest BCUT2D eigenvalue weighted by molar-refractivity contribution is 6.39. The largest absolute Gasteiger partial charge is 0.497 e. The zero-order chi connectivity index (χ0) is 23.8. The van der Waals surface area contributed by atoms with Crippen molar-refractivity contribution in [1.82, 2.24) is 4.98 Å². The van der Waals surface area contributed by atoms with Crippen molar-refractivity contribution < 1.29 is 14.2 Å². The highest BCUT2D eigenvalue weighted by Gasteiger charge is 2.18. The van der Waals surface area contributed by atoms with Gasteiger partial charge in [-0.25, -0.2) is 4.98 Å². The number of benzene rings is 2. The van der Waals surface area contributed by atoms with Gasteiger partial charge < -0.3 is 14.2 Å². The summed E-state index contributed by atoms with van der Waals surface area (Å²) in [5.41, 5.74) is 2.59. The normalized spacial score (nSPS) is 11.1. The minimum Gasteiger partial charge on any atom is -0.497 e. The van der Waals surface area contributed by atoms with Gasteiger partial charge in [0, 0.05) is 17.0 Å². The first-order valence-electron chi connectivity index (χ1n) is 11.7. The first kappa shape index (κ1) is 25.5. The Morgan fingerprint density at radius 3 is 2.15 bits per heavy atom. The number of hydrogen-bond donors (Lipinski definition) is 0. The topological polar surface area (TPSA) is 40.6 Å². The van der Waals surface area contributed by atoms with Gasteiger partial charge in [0.2, 0.25) is 0 Å². The van der Waals surface area contributed by atoms with E-state index in [0.29, 0.717) is 27.2 Å². The Bertz CT molecular complexity index is 1080. The molecule has 0 saturated heterocycles. The monoisotopic (exact) mass is 489 g/mol. The van der Waals surface area contributed by atoms with Crippen molar-refractivity contribution in [2.24, 2.45) is 0 Å². The zero-order valence-corrected chi connectivity index (χ0v) is 21.5. The van der Waals surface area contributed by atoms with Crippen molar-refractivity contribution in [2.75, 3.05) is 14.2 Å². The highest BCUT2D eigenvalue weighted by Crippen LogP contribution is 2.41. The minimum absolute atomic E-state index is 0.427. The minimum atomic E-state index is 0.427. The Hall–Kier alpha value is -2.17. The molecule has 0 amide bonds. The van der Waals surface area contributed by atoms with E-state index in [1.54, 1.807) is 14.2 Å². The number of halogens is 2. The van der Waals surface area contributed by atoms with Crippen LogP contribution in [0, 0.1) is 0 Å². The quantitative estimate of drug-likeness (QED) is 0.188. The summed E-state index contributed by atoms with van der Waals surface area (Å²) >= 11 is 13.4. The summed E-state index contributed by atoms with van der Waals surface area (Å²) in [5.74, 6) is 2.80. The summed E-state index contributed by atoms with van der Waals surface area (Å²) in [6, 6.07) is 9.60. The van der Waals surface area contributed by atoms with Crippen molar-refractivity contribution in [1.29, 1.82) is 0 Å². The molecule has 0 aliphatic heterocycles. The van der Waals surface area contributed by atoms with E-state index >= 15 is 0 Å². The van der Waals surface area contributed by atoms with Gasteiger partial charge in [-0.3, -0.25) is 0 Å². The van der Waals surface area contributed by atoms with Gasteiger partial charge in [0.1, 0.15) is 27.9 Å². The summed E-state index contributed by atoms with van der Waals surface area (Å²) in [6.45, 7) is 4.37. The van der Waals surface area contributed by atoms with Crippen LogP contribution in [0.15, 0.2) is 30.3 Å². The van der Waals surface area contributed by atoms with Crippen molar-refractivity contribution in [2.45, 2.75) is 65.2 Å². The molecule has 178 valence electrons. The second kappa shape index (κ2) is 12.3. The molecule has 0 atom stereocenters. The number of aryl methyl sites for hydroxylation is 1. The number of fused-ring (bicyclic) bond motifs is 1. The molecule has 3 aromatic rings. The fourth-order valence-corrected chi connectivity index (χ4v) is 4.56. The fraction of sp³-hybridized carbons (Fsp3) is 0.444. The number of aromatic nitrogens is 1. The van der Waals surface area contributed by atoms with Crippen LogP contribution in [0.1, 0.15) is 63.5 Å². The van der Waals surface area contributed by atoms with Crippen LogP contribution >= 0.6 is 23.2 Å². The SMILES string of the molecule is CCCCCc1cc(OC)ccc1Oc1cc(OC)cc2c(Cl)c(CCCCC)c(Cl)nc12. The van der Waals surface area contributed by atoms with Gasteiger partial charge in [0.25, 0.3) is 0 Å². The van der Waals surface area contributed by atoms with Crippen LogP contribution < -0.4 is 14.2 Å². The number of nitrogens with zero attached hydrogens (tertiary/aromatic N) is 1. The average molecular weight is 490 g/mol. The Morgan fingerprint density at radius 1 is 0.788 bits per heavy atom. The van der Waals surface area contributed by atoms with E-state index in [1.807, 2.05) is 30.3 Å². The molecule has 0 radical (unpaired) electrons. The van der Waals surface area contributed by atoms with Gasteiger partial charge in [-0.1, -0.05) is 62.7 Å². The Labute approximate surface area is 207 Å². The first-order chi connectivity index (χ1) is 16.0. The Kier molecular flexibility index (Phi) is 9.52. The van der Waals surface area contributed by atoms with Crippen LogP contribution in [0.4, 0.5) is 0 Å². The molecule has 0 spiro atoms. The molecule has 0 N–H and O–H groups in total. The molecule has 4 nitrogen and oxygen atoms in total. The van der Waals surface area contributed by atoms with E-state index < -0.39 is 0 Å². The molecule has 0 bridgehead atoms. The summed E-state index contributed by atoms with van der Waals surface area (Å²) in [7, 11) is 3.31. The highest BCUT2D eigenvalue weighted by atomic mass is 35.5. The van der Waals surface area contributed by atoms with Gasteiger partial charge in [-0.2, -0.15) is 0 Å². The maximum atomic E-state index is 6.83. The lowest BCUT2D eigenvalue weighted by atomic mass is 10.0. The Balaban J connectivity index is 2.06. The van der Waals surface area contributed by atoms with E-state index in [-0.39, 0.29) is 0 Å². The smallest absolute Gasteiger partial charge is 0.157 e. The number of rotatable bonds is 12. The van der Waals surface area contributed by atoms with E-state index in [1.165, 1.54) is 0 Å². The zero-order valence-electron chi connectivity index (χ0n) is 20.0. The van der Waals surface area contributed by atoms with Crippen molar-refractivity contribution in [3.8, 4) is 23.0 Å². The lowest BCUT2D eigenvalue weighted by Gasteiger charge is -2.17. The molecule has 6 heteroatoms. The molecular weight excluding hydrogens is 457 g/mol. The molecule has 0 fully saturated rings. The van der Waals surface area contributed by atoms with E-state index in [4.69, 9.17) is 42.4 Å². The maximum Gasteiger partial charge on any atom is 0.157 e. The second-order valence-corrected chi connectivity index (χ2v) is 8.94. The third kappa shape index (κ3) is 6.24. The van der Waals surface area contributed by atoms with Gasteiger partial charge in [-0.15, -0.1) is 0 Å². The Morgan fingerprint density at radius 2 is 1.48 bits per heavy atom. The summed E-state index contributed by atoms with van der Waals surface area (Å²) in [4.78, 5) is 4.70. The summed E-state index contributed by atoms with van der Waals surface area (Å²) in [5, 5.41) is 1.82. The molecule has 1 aromatic heterocycles. The van der Waals surface area contributed by atoms with Gasteiger partial charge in [0.15, 0.2) is 5.75 Å². The number of methoxy groups -OCH3 is 2. The van der Waals surface area contributed by atoms with Crippen LogP contribution in [0.3, 0.4) is 0 Å². The molecule has 2 aromatic carbocycles. The van der Waals surface area contributed by atoms with Crippen molar-refractivity contribution in [3.05, 3.63) is 51.6 Å². The number of unbranched alkanes of at least 4 members (excludes halogenated alkanes) is 4. The number of hydrogen-bond acceptors (Lipinski definition) is 4. The average Bonchev–Trinajstić information content (AvgIpc) is 2.82. The predicted molar refractivity (Wildman–Crippen MR) is 138 cm³/mol. The summed E-state index contributed by atoms with van der Waals surface area (Å²) < 4.78 is 17.4. The molecule has 33 heavy (non-hydrogen) atoms. The summed E-state index contributed by atoms with van der Waals surface area (Å²) in [6.07, 6.45) is 8.36. The van der Waals surface area contributed by atoms with E-state index in [9.17, 15) is 0 Å². The van der Waals surface area contributed by atoms with Crippen LogP contribution in [0.5, 0.6) is 23.0 Å². The van der Waals surface area contributed by atoms with Gasteiger partial charge in [-0.05, 0) is 55.5 Å². The lowest BCUT2D eigenvalue weighted by Crippen LogP contribution is -1.99. The standard InChI is InChI=1S/C27H33Cl2NO3/c1-5-7-9-11-18-15-19(31-3)13-14-23(18)33-24-17-20(32-4)16-22-25(28)21(12-10-8-6-2)27(29)30-26(22)24/h13-17H,5-12H2,1-4H3. The maximum absolute atomic E-state index is 6.83. The molecule has 0 aliphatic rings. The lowest BCUT2D eigenvalue weighted by molar-refractivity contribution is 0.407. The molecule has 0 saturated carbocycles. The van der Waals surface area contributed by atoms with Crippen LogP contribution in [-0.2, 0) is 12.8 Å². The number of pyridine rings is 1. The van der Waals surface area contributed by atoms with Crippen LogP contribution in [-0.4, -0.2) is 19.2 Å². The van der Waals surface area contributed by atoms with Gasteiger partial charge >= 0.3 is 0 Å². The van der Waals surface area contributed by atoms with Crippen molar-refractivity contribution in [3.63, 3.8) is 0 Å². The van der Waals surface area contributed by atoms with Crippen molar-refractivity contribution >= 4 is 34.1 Å². The first-order valence-corrected chi connectivity index (χ1v) is 12.5. The molecule has 1 heterocycles. The van der Waals surface area contributed by atoms with Crippen LogP contribution in [0.25, 0.3) is 10.9 Å². The molecule has 3 rings (SSSR count). The van der Waals surface area contributed by atoms with Gasteiger partial charge in [0.05, 0.1) is 19.2 Å². The predicted octanol–water partition coefficient (Wildman–Crippen LogP) is 8.82. The third-order valence-electron chi connectivity index (χ3n) is 5.81. The third-order valence-corrected chi connectivity index (χ3v) is 6.56.